The van der Waals surface area contributed by atoms with Gasteiger partial charge in [-0.15, -0.1) is 0 Å². The number of hydrogen-bond donors (Lipinski definition) is 1. The van der Waals surface area contributed by atoms with Gasteiger partial charge >= 0.3 is 0 Å². The van der Waals surface area contributed by atoms with Crippen molar-refractivity contribution >= 4 is 57.8 Å². The van der Waals surface area contributed by atoms with E-state index in [1.807, 2.05) is 24.3 Å². The van der Waals surface area contributed by atoms with Gasteiger partial charge in [0.25, 0.3) is 5.91 Å². The molecule has 2 aromatic rings. The van der Waals surface area contributed by atoms with Crippen molar-refractivity contribution in [1.29, 1.82) is 0 Å². The quantitative estimate of drug-likeness (QED) is 0.773. The van der Waals surface area contributed by atoms with E-state index >= 15 is 0 Å². The standard InChI is InChI=1S/C17H12Cl2N2O2S/c1-23-12-5-3-11(4-6-12)20-17-21-16(22)15(24-17)9-10-2-7-13(18)14(19)8-10/h2-9H,1H3,(H,20,21,22)/b15-9+. The van der Waals surface area contributed by atoms with Crippen LogP contribution in [0.4, 0.5) is 5.69 Å². The molecule has 3 rings (SSSR count). The summed E-state index contributed by atoms with van der Waals surface area (Å²) in [5, 5.41) is 4.19. The molecule has 1 heterocycles. The molecule has 24 heavy (non-hydrogen) atoms. The van der Waals surface area contributed by atoms with E-state index in [9.17, 15) is 4.79 Å². The van der Waals surface area contributed by atoms with Gasteiger partial charge in [0.15, 0.2) is 5.17 Å². The van der Waals surface area contributed by atoms with E-state index in [4.69, 9.17) is 27.9 Å². The molecule has 0 bridgehead atoms. The second-order valence-corrected chi connectivity index (χ2v) is 6.70. The van der Waals surface area contributed by atoms with Gasteiger partial charge in [-0.2, -0.15) is 0 Å². The molecule has 0 aromatic heterocycles. The van der Waals surface area contributed by atoms with E-state index in [2.05, 4.69) is 10.3 Å². The summed E-state index contributed by atoms with van der Waals surface area (Å²) < 4.78 is 5.10. The van der Waals surface area contributed by atoms with Crippen LogP contribution in [-0.4, -0.2) is 18.2 Å². The maximum atomic E-state index is 12.1. The Kier molecular flexibility index (Phi) is 5.14. The predicted octanol–water partition coefficient (Wildman–Crippen LogP) is 4.89. The molecule has 0 unspecified atom stereocenters. The van der Waals surface area contributed by atoms with E-state index in [0.29, 0.717) is 20.1 Å². The second kappa shape index (κ2) is 7.30. The van der Waals surface area contributed by atoms with Gasteiger partial charge in [0.2, 0.25) is 0 Å². The average Bonchev–Trinajstić information content (AvgIpc) is 2.91. The van der Waals surface area contributed by atoms with E-state index in [1.165, 1.54) is 11.8 Å². The van der Waals surface area contributed by atoms with Gasteiger partial charge in [0, 0.05) is 0 Å². The summed E-state index contributed by atoms with van der Waals surface area (Å²) in [7, 11) is 1.61. The number of nitrogens with zero attached hydrogens (tertiary/aromatic N) is 1. The first-order valence-corrected chi connectivity index (χ1v) is 8.51. The maximum Gasteiger partial charge on any atom is 0.264 e. The third-order valence-corrected chi connectivity index (χ3v) is 4.84. The van der Waals surface area contributed by atoms with Gasteiger partial charge in [-0.3, -0.25) is 4.79 Å². The van der Waals surface area contributed by atoms with Crippen molar-refractivity contribution < 1.29 is 9.53 Å². The number of amides is 1. The molecular formula is C17H12Cl2N2O2S. The van der Waals surface area contributed by atoms with E-state index < -0.39 is 0 Å². The molecule has 7 heteroatoms. The molecule has 0 radical (unpaired) electrons. The number of methoxy groups -OCH3 is 1. The molecule has 4 nitrogen and oxygen atoms in total. The van der Waals surface area contributed by atoms with Crippen molar-refractivity contribution in [3.63, 3.8) is 0 Å². The van der Waals surface area contributed by atoms with Crippen LogP contribution in [0.1, 0.15) is 5.56 Å². The van der Waals surface area contributed by atoms with Crippen LogP contribution in [0.25, 0.3) is 6.08 Å². The summed E-state index contributed by atoms with van der Waals surface area (Å²) >= 11 is 13.2. The lowest BCUT2D eigenvalue weighted by molar-refractivity contribution is -0.115. The zero-order valence-electron chi connectivity index (χ0n) is 12.5. The molecule has 2 aromatic carbocycles. The highest BCUT2D eigenvalue weighted by Crippen LogP contribution is 2.30. The maximum absolute atomic E-state index is 12.1. The number of aliphatic imine (C=N–C) groups is 1. The predicted molar refractivity (Wildman–Crippen MR) is 100 cm³/mol. The molecule has 1 N–H and O–H groups in total. The zero-order valence-corrected chi connectivity index (χ0v) is 14.9. The van der Waals surface area contributed by atoms with Crippen molar-refractivity contribution in [3.05, 3.63) is 63.0 Å². The third-order valence-electron chi connectivity index (χ3n) is 3.20. The normalized spacial score (nSPS) is 17.4. The van der Waals surface area contributed by atoms with Crippen molar-refractivity contribution in [2.24, 2.45) is 4.99 Å². The van der Waals surface area contributed by atoms with Crippen LogP contribution in [0.3, 0.4) is 0 Å². The fraction of sp³-hybridized carbons (Fsp3) is 0.0588. The Morgan fingerprint density at radius 3 is 2.54 bits per heavy atom. The summed E-state index contributed by atoms with van der Waals surface area (Å²) in [6, 6.07) is 12.5. The van der Waals surface area contributed by atoms with Crippen molar-refractivity contribution in [1.82, 2.24) is 5.32 Å². The summed E-state index contributed by atoms with van der Waals surface area (Å²) in [4.78, 5) is 17.0. The Hall–Kier alpha value is -1.95. The molecule has 0 aliphatic carbocycles. The number of hydrogen-bond acceptors (Lipinski definition) is 4. The third kappa shape index (κ3) is 3.93. The van der Waals surface area contributed by atoms with E-state index in [1.54, 1.807) is 31.4 Å². The fourth-order valence-corrected chi connectivity index (χ4v) is 3.16. The van der Waals surface area contributed by atoms with Crippen molar-refractivity contribution in [3.8, 4) is 5.75 Å². The fourth-order valence-electron chi connectivity index (χ4n) is 2.01. The second-order valence-electron chi connectivity index (χ2n) is 4.85. The summed E-state index contributed by atoms with van der Waals surface area (Å²) in [5.74, 6) is 0.556. The van der Waals surface area contributed by atoms with Crippen LogP contribution in [0.15, 0.2) is 52.4 Å². The zero-order chi connectivity index (χ0) is 17.1. The van der Waals surface area contributed by atoms with Gasteiger partial charge < -0.3 is 10.1 Å². The number of amidine groups is 1. The smallest absolute Gasteiger partial charge is 0.264 e. The van der Waals surface area contributed by atoms with Gasteiger partial charge in [-0.25, -0.2) is 4.99 Å². The van der Waals surface area contributed by atoms with E-state index in [-0.39, 0.29) is 5.91 Å². The first kappa shape index (κ1) is 16.9. The van der Waals surface area contributed by atoms with Crippen LogP contribution >= 0.6 is 35.0 Å². The summed E-state index contributed by atoms with van der Waals surface area (Å²) in [6.07, 6.45) is 1.75. The number of carbonyl (C=O) groups excluding carboxylic acids is 1. The molecule has 122 valence electrons. The SMILES string of the molecule is COc1ccc(N=C2NC(=O)/C(=C\c3ccc(Cl)c(Cl)c3)S2)cc1. The Bertz CT molecular complexity index is 848. The molecule has 1 fully saturated rings. The van der Waals surface area contributed by atoms with Crippen LogP contribution < -0.4 is 10.1 Å². The minimum Gasteiger partial charge on any atom is -0.497 e. The molecule has 1 aliphatic heterocycles. The number of ether oxygens (including phenoxy) is 1. The minimum atomic E-state index is -0.196. The van der Waals surface area contributed by atoms with Crippen LogP contribution in [0.2, 0.25) is 10.0 Å². The van der Waals surface area contributed by atoms with Crippen LogP contribution in [-0.2, 0) is 4.79 Å². The molecule has 0 saturated carbocycles. The number of thioether (sulfide) groups is 1. The first-order chi connectivity index (χ1) is 11.5. The number of rotatable bonds is 3. The topological polar surface area (TPSA) is 50.7 Å². The Morgan fingerprint density at radius 2 is 1.88 bits per heavy atom. The monoisotopic (exact) mass is 378 g/mol. The molecule has 1 amide bonds. The minimum absolute atomic E-state index is 0.196. The number of carbonyl (C=O) groups is 1. The molecule has 1 aliphatic rings. The van der Waals surface area contributed by atoms with Crippen molar-refractivity contribution in [2.75, 3.05) is 7.11 Å². The molecule has 0 spiro atoms. The lowest BCUT2D eigenvalue weighted by Crippen LogP contribution is -2.19. The number of halogens is 2. The van der Waals surface area contributed by atoms with Crippen molar-refractivity contribution in [2.45, 2.75) is 0 Å². The highest BCUT2D eigenvalue weighted by atomic mass is 35.5. The van der Waals surface area contributed by atoms with E-state index in [0.717, 1.165) is 17.0 Å². The molecule has 0 atom stereocenters. The average molecular weight is 379 g/mol. The van der Waals surface area contributed by atoms with Gasteiger partial charge in [0.1, 0.15) is 5.75 Å². The Labute approximate surface area is 153 Å². The lowest BCUT2D eigenvalue weighted by atomic mass is 10.2. The largest absolute Gasteiger partial charge is 0.497 e. The summed E-state index contributed by atoms with van der Waals surface area (Å²) in [5.41, 5.74) is 1.53. The van der Waals surface area contributed by atoms with Gasteiger partial charge in [-0.1, -0.05) is 29.3 Å². The molecular weight excluding hydrogens is 367 g/mol. The highest BCUT2D eigenvalue weighted by Gasteiger charge is 2.23. The molecule has 1 saturated heterocycles. The van der Waals surface area contributed by atoms with Gasteiger partial charge in [-0.05, 0) is 59.8 Å². The Morgan fingerprint density at radius 1 is 1.12 bits per heavy atom. The highest BCUT2D eigenvalue weighted by molar-refractivity contribution is 8.18. The summed E-state index contributed by atoms with van der Waals surface area (Å²) in [6.45, 7) is 0. The van der Waals surface area contributed by atoms with Gasteiger partial charge in [0.05, 0.1) is 27.7 Å². The lowest BCUT2D eigenvalue weighted by Gasteiger charge is -2.00. The number of benzene rings is 2. The number of nitrogens with one attached hydrogen (secondary N) is 1. The van der Waals surface area contributed by atoms with Crippen LogP contribution in [0.5, 0.6) is 5.75 Å². The van der Waals surface area contributed by atoms with Crippen LogP contribution in [0, 0.1) is 0 Å². The Balaban J connectivity index is 1.80. The first-order valence-electron chi connectivity index (χ1n) is 6.94.